The van der Waals surface area contributed by atoms with Crippen molar-refractivity contribution in [2.24, 2.45) is 5.92 Å². The van der Waals surface area contributed by atoms with Crippen molar-refractivity contribution >= 4 is 28.4 Å². The highest BCUT2D eigenvalue weighted by atomic mass is 32.2. The fourth-order valence-electron chi connectivity index (χ4n) is 4.47. The molecule has 0 aliphatic rings. The molecule has 0 saturated heterocycles. The second-order valence-corrected chi connectivity index (χ2v) is 10.4. The van der Waals surface area contributed by atoms with E-state index < -0.39 is 0 Å². The third-order valence-electron chi connectivity index (χ3n) is 6.58. The summed E-state index contributed by atoms with van der Waals surface area (Å²) in [5.74, 6) is 0.884. The number of hydrogen-bond donors (Lipinski definition) is 0. The highest BCUT2D eigenvalue weighted by Gasteiger charge is 2.21. The first-order chi connectivity index (χ1) is 16.8. The standard InChI is InChI=1S/C29H33N3O2S/c1-19(2)15-16-31-20(3)17-25(22(31)5)27(33)18-35-29-30-26-14-10-9-13-24(26)28(34)32(29)21(4)23-11-7-6-8-12-23/h6-14,17,19,21H,15-16,18H2,1-5H3. The van der Waals surface area contributed by atoms with Gasteiger partial charge in [0.25, 0.3) is 5.56 Å². The average Bonchev–Trinajstić information content (AvgIpc) is 3.14. The molecular formula is C29H33N3O2S. The molecule has 6 heteroatoms. The van der Waals surface area contributed by atoms with Crippen LogP contribution in [-0.4, -0.2) is 25.7 Å². The monoisotopic (exact) mass is 487 g/mol. The summed E-state index contributed by atoms with van der Waals surface area (Å²) in [5.41, 5.74) is 4.45. The van der Waals surface area contributed by atoms with Gasteiger partial charge in [-0.05, 0) is 56.9 Å². The summed E-state index contributed by atoms with van der Waals surface area (Å²) >= 11 is 1.34. The van der Waals surface area contributed by atoms with E-state index in [4.69, 9.17) is 4.98 Å². The van der Waals surface area contributed by atoms with Crippen LogP contribution in [0.2, 0.25) is 0 Å². The van der Waals surface area contributed by atoms with E-state index in [1.807, 2.05) is 74.5 Å². The molecule has 0 N–H and O–H groups in total. The fraction of sp³-hybridized carbons (Fsp3) is 0.345. The molecular weight excluding hydrogens is 454 g/mol. The van der Waals surface area contributed by atoms with Gasteiger partial charge in [0.1, 0.15) is 0 Å². The van der Waals surface area contributed by atoms with Gasteiger partial charge in [0.05, 0.1) is 22.7 Å². The number of fused-ring (bicyclic) bond motifs is 1. The molecule has 0 aliphatic carbocycles. The smallest absolute Gasteiger partial charge is 0.262 e. The molecule has 0 saturated carbocycles. The maximum atomic E-state index is 13.5. The topological polar surface area (TPSA) is 56.9 Å². The molecule has 2 heterocycles. The van der Waals surface area contributed by atoms with E-state index in [-0.39, 0.29) is 23.1 Å². The lowest BCUT2D eigenvalue weighted by Crippen LogP contribution is -2.27. The number of Topliss-reactive ketones (excluding diaryl/α,β-unsaturated/α-hetero) is 1. The average molecular weight is 488 g/mol. The Kier molecular flexibility index (Phi) is 7.60. The summed E-state index contributed by atoms with van der Waals surface area (Å²) < 4.78 is 3.96. The Morgan fingerprint density at radius 1 is 1.00 bits per heavy atom. The van der Waals surface area contributed by atoms with Crippen LogP contribution < -0.4 is 5.56 Å². The van der Waals surface area contributed by atoms with Gasteiger partial charge in [-0.3, -0.25) is 14.2 Å². The van der Waals surface area contributed by atoms with Crippen LogP contribution >= 0.6 is 11.8 Å². The maximum Gasteiger partial charge on any atom is 0.262 e. The van der Waals surface area contributed by atoms with Crippen molar-refractivity contribution in [2.45, 2.75) is 58.8 Å². The summed E-state index contributed by atoms with van der Waals surface area (Å²) in [6.45, 7) is 11.4. The molecule has 1 unspecified atom stereocenters. The summed E-state index contributed by atoms with van der Waals surface area (Å²) in [6, 6.07) is 19.1. The Balaban J connectivity index is 1.66. The van der Waals surface area contributed by atoms with Gasteiger partial charge < -0.3 is 4.57 Å². The normalized spacial score (nSPS) is 12.4. The van der Waals surface area contributed by atoms with Crippen molar-refractivity contribution < 1.29 is 4.79 Å². The van der Waals surface area contributed by atoms with Gasteiger partial charge in [-0.2, -0.15) is 0 Å². The van der Waals surface area contributed by atoms with Crippen molar-refractivity contribution in [1.29, 1.82) is 0 Å². The molecule has 0 bridgehead atoms. The van der Waals surface area contributed by atoms with Gasteiger partial charge in [-0.1, -0.05) is 68.1 Å². The van der Waals surface area contributed by atoms with E-state index in [0.29, 0.717) is 22.0 Å². The van der Waals surface area contributed by atoms with E-state index >= 15 is 0 Å². The molecule has 0 fully saturated rings. The van der Waals surface area contributed by atoms with E-state index in [9.17, 15) is 9.59 Å². The van der Waals surface area contributed by atoms with Gasteiger partial charge in [0, 0.05) is 23.5 Å². The van der Waals surface area contributed by atoms with E-state index in [0.717, 1.165) is 35.5 Å². The predicted octanol–water partition coefficient (Wildman–Crippen LogP) is 6.45. The molecule has 182 valence electrons. The van der Waals surface area contributed by atoms with Crippen LogP contribution in [0.4, 0.5) is 0 Å². The van der Waals surface area contributed by atoms with Crippen molar-refractivity contribution in [3.63, 3.8) is 0 Å². The summed E-state index contributed by atoms with van der Waals surface area (Å²) in [5, 5.41) is 1.15. The number of nitrogens with zero attached hydrogens (tertiary/aromatic N) is 3. The van der Waals surface area contributed by atoms with Crippen LogP contribution in [0.5, 0.6) is 0 Å². The zero-order chi connectivity index (χ0) is 25.1. The minimum Gasteiger partial charge on any atom is -0.348 e. The number of hydrogen-bond acceptors (Lipinski definition) is 4. The number of carbonyl (C=O) groups excluding carboxylic acids is 1. The number of carbonyl (C=O) groups is 1. The minimum absolute atomic E-state index is 0.0558. The number of aromatic nitrogens is 3. The number of ketones is 1. The fourth-order valence-corrected chi connectivity index (χ4v) is 5.43. The minimum atomic E-state index is -0.209. The van der Waals surface area contributed by atoms with Gasteiger partial charge in [0.2, 0.25) is 0 Å². The molecule has 4 rings (SSSR count). The van der Waals surface area contributed by atoms with Crippen LogP contribution in [0.1, 0.15) is 60.5 Å². The first kappa shape index (κ1) is 25.0. The number of thioether (sulfide) groups is 1. The molecule has 2 aromatic carbocycles. The highest BCUT2D eigenvalue weighted by molar-refractivity contribution is 7.99. The first-order valence-electron chi connectivity index (χ1n) is 12.2. The van der Waals surface area contributed by atoms with Gasteiger partial charge in [0.15, 0.2) is 10.9 Å². The Labute approximate surface area is 211 Å². The maximum absolute atomic E-state index is 13.5. The highest BCUT2D eigenvalue weighted by Crippen LogP contribution is 2.26. The molecule has 5 nitrogen and oxygen atoms in total. The Hall–Kier alpha value is -3.12. The molecule has 0 amide bonds. The van der Waals surface area contributed by atoms with Gasteiger partial charge in [-0.15, -0.1) is 0 Å². The summed E-state index contributed by atoms with van der Waals surface area (Å²) in [4.78, 5) is 31.6. The Bertz CT molecular complexity index is 1400. The third-order valence-corrected chi connectivity index (χ3v) is 7.53. The zero-order valence-electron chi connectivity index (χ0n) is 21.1. The van der Waals surface area contributed by atoms with Crippen molar-refractivity contribution in [2.75, 3.05) is 5.75 Å². The predicted molar refractivity (Wildman–Crippen MR) is 145 cm³/mol. The molecule has 1 atom stereocenters. The van der Waals surface area contributed by atoms with Crippen molar-refractivity contribution in [1.82, 2.24) is 14.1 Å². The summed E-state index contributed by atoms with van der Waals surface area (Å²) in [7, 11) is 0. The number of para-hydroxylation sites is 1. The van der Waals surface area contributed by atoms with Crippen LogP contribution in [-0.2, 0) is 6.54 Å². The van der Waals surface area contributed by atoms with Gasteiger partial charge in [-0.25, -0.2) is 4.98 Å². The summed E-state index contributed by atoms with van der Waals surface area (Å²) in [6.07, 6.45) is 1.07. The van der Waals surface area contributed by atoms with Crippen molar-refractivity contribution in [3.8, 4) is 0 Å². The molecule has 0 aliphatic heterocycles. The van der Waals surface area contributed by atoms with Crippen LogP contribution in [0.15, 0.2) is 70.6 Å². The first-order valence-corrected chi connectivity index (χ1v) is 13.2. The molecule has 0 spiro atoms. The van der Waals surface area contributed by atoms with E-state index in [1.165, 1.54) is 11.8 Å². The lowest BCUT2D eigenvalue weighted by atomic mass is 10.1. The van der Waals surface area contributed by atoms with Crippen LogP contribution in [0.3, 0.4) is 0 Å². The van der Waals surface area contributed by atoms with Crippen LogP contribution in [0, 0.1) is 19.8 Å². The zero-order valence-corrected chi connectivity index (χ0v) is 21.9. The molecule has 4 aromatic rings. The number of rotatable bonds is 9. The molecule has 2 aromatic heterocycles. The van der Waals surface area contributed by atoms with Crippen LogP contribution in [0.25, 0.3) is 10.9 Å². The number of aryl methyl sites for hydroxylation is 1. The number of benzene rings is 2. The Morgan fingerprint density at radius 3 is 2.40 bits per heavy atom. The quantitative estimate of drug-likeness (QED) is 0.155. The molecule has 35 heavy (non-hydrogen) atoms. The second-order valence-electron chi connectivity index (χ2n) is 9.50. The second kappa shape index (κ2) is 10.6. The molecule has 0 radical (unpaired) electrons. The largest absolute Gasteiger partial charge is 0.348 e. The Morgan fingerprint density at radius 2 is 1.69 bits per heavy atom. The van der Waals surface area contributed by atoms with E-state index in [1.54, 1.807) is 4.57 Å². The lowest BCUT2D eigenvalue weighted by molar-refractivity contribution is 0.102. The van der Waals surface area contributed by atoms with E-state index in [2.05, 4.69) is 25.3 Å². The lowest BCUT2D eigenvalue weighted by Gasteiger charge is -2.20. The third kappa shape index (κ3) is 5.27. The SMILES string of the molecule is Cc1cc(C(=O)CSc2nc3ccccc3c(=O)n2C(C)c2ccccc2)c(C)n1CCC(C)C. The van der Waals surface area contributed by atoms with Gasteiger partial charge >= 0.3 is 0 Å². The van der Waals surface area contributed by atoms with Crippen molar-refractivity contribution in [3.05, 3.63) is 93.5 Å².